The van der Waals surface area contributed by atoms with E-state index in [9.17, 15) is 0 Å². The second kappa shape index (κ2) is 4.45. The molecule has 2 nitrogen and oxygen atoms in total. The first-order valence-electron chi connectivity index (χ1n) is 4.67. The van der Waals surface area contributed by atoms with Crippen LogP contribution in [0.25, 0.3) is 11.1 Å². The number of rotatable bonds is 2. The van der Waals surface area contributed by atoms with Gasteiger partial charge in [-0.3, -0.25) is 4.98 Å². The first-order valence-corrected chi connectivity index (χ1v) is 5.80. The number of nitrogen functional groups attached to an aromatic ring is 1. The number of nitrogens with two attached hydrogens (primary N) is 1. The first kappa shape index (κ1) is 10.2. The molecule has 0 saturated carbocycles. The van der Waals surface area contributed by atoms with Gasteiger partial charge < -0.3 is 5.73 Å². The highest BCUT2D eigenvalue weighted by Crippen LogP contribution is 2.27. The van der Waals surface area contributed by atoms with Gasteiger partial charge in [0, 0.05) is 17.1 Å². The largest absolute Gasteiger partial charge is 0.397 e. The van der Waals surface area contributed by atoms with Gasteiger partial charge in [0.1, 0.15) is 0 Å². The minimum Gasteiger partial charge on any atom is -0.397 e. The average molecular weight is 263 g/mol. The molecule has 0 fully saturated rings. The van der Waals surface area contributed by atoms with E-state index in [1.54, 1.807) is 6.20 Å². The topological polar surface area (TPSA) is 38.9 Å². The van der Waals surface area contributed by atoms with Gasteiger partial charge in [-0.2, -0.15) is 0 Å². The van der Waals surface area contributed by atoms with Gasteiger partial charge in [-0.15, -0.1) is 0 Å². The molecule has 0 bridgehead atoms. The van der Waals surface area contributed by atoms with Gasteiger partial charge in [0.25, 0.3) is 0 Å². The van der Waals surface area contributed by atoms with Crippen LogP contribution in [0.15, 0.2) is 42.6 Å². The normalized spacial score (nSPS) is 10.2. The summed E-state index contributed by atoms with van der Waals surface area (Å²) in [5.41, 5.74) is 9.84. The van der Waals surface area contributed by atoms with Crippen molar-refractivity contribution in [1.82, 2.24) is 4.98 Å². The summed E-state index contributed by atoms with van der Waals surface area (Å²) in [6.07, 6.45) is 1.79. The molecule has 0 aliphatic rings. The average Bonchev–Trinajstić information content (AvgIpc) is 2.30. The molecule has 1 aromatic heterocycles. The number of pyridine rings is 1. The van der Waals surface area contributed by atoms with Crippen LogP contribution in [0.4, 0.5) is 5.69 Å². The Bertz CT molecular complexity index is 454. The third-order valence-electron chi connectivity index (χ3n) is 2.28. The fraction of sp³-hybridized carbons (Fsp3) is 0.0833. The van der Waals surface area contributed by atoms with E-state index in [4.69, 9.17) is 5.73 Å². The van der Waals surface area contributed by atoms with Crippen molar-refractivity contribution in [2.45, 2.75) is 5.33 Å². The predicted octanol–water partition coefficient (Wildman–Crippen LogP) is 3.23. The van der Waals surface area contributed by atoms with Crippen LogP contribution in [0.1, 0.15) is 5.69 Å². The Balaban J connectivity index is 2.54. The van der Waals surface area contributed by atoms with Gasteiger partial charge in [0.2, 0.25) is 0 Å². The molecule has 0 spiro atoms. The fourth-order valence-electron chi connectivity index (χ4n) is 1.49. The molecule has 0 atom stereocenters. The summed E-state index contributed by atoms with van der Waals surface area (Å²) < 4.78 is 0. The third-order valence-corrected chi connectivity index (χ3v) is 2.82. The molecule has 1 heterocycles. The van der Waals surface area contributed by atoms with E-state index in [0.717, 1.165) is 22.5 Å². The second-order valence-electron chi connectivity index (χ2n) is 3.22. The molecule has 2 rings (SSSR count). The minimum atomic E-state index is 0.680. The van der Waals surface area contributed by atoms with Crippen LogP contribution < -0.4 is 5.73 Å². The van der Waals surface area contributed by atoms with Crippen molar-refractivity contribution in [1.29, 1.82) is 0 Å². The van der Waals surface area contributed by atoms with Crippen LogP contribution >= 0.6 is 15.9 Å². The molecule has 15 heavy (non-hydrogen) atoms. The number of benzene rings is 1. The lowest BCUT2D eigenvalue weighted by atomic mass is 10.0. The molecule has 0 aliphatic carbocycles. The number of alkyl halides is 1. The zero-order valence-electron chi connectivity index (χ0n) is 8.15. The summed E-state index contributed by atoms with van der Waals surface area (Å²) in [4.78, 5) is 4.21. The standard InChI is InChI=1S/C12H11BrN2/c13-8-11-12(14)10(6-7-15-11)9-4-2-1-3-5-9/h1-7H,8,14H2. The Hall–Kier alpha value is -1.35. The SMILES string of the molecule is Nc1c(-c2ccccc2)ccnc1CBr. The zero-order valence-corrected chi connectivity index (χ0v) is 9.74. The molecule has 0 aliphatic heterocycles. The molecule has 3 heteroatoms. The van der Waals surface area contributed by atoms with Crippen LogP contribution in [0.2, 0.25) is 0 Å². The molecule has 0 saturated heterocycles. The maximum Gasteiger partial charge on any atom is 0.0744 e. The number of anilines is 1. The Morgan fingerprint density at radius 2 is 1.87 bits per heavy atom. The van der Waals surface area contributed by atoms with E-state index >= 15 is 0 Å². The smallest absolute Gasteiger partial charge is 0.0744 e. The van der Waals surface area contributed by atoms with E-state index in [1.807, 2.05) is 36.4 Å². The number of nitrogens with zero attached hydrogens (tertiary/aromatic N) is 1. The van der Waals surface area contributed by atoms with Crippen molar-refractivity contribution in [3.63, 3.8) is 0 Å². The highest BCUT2D eigenvalue weighted by atomic mass is 79.9. The van der Waals surface area contributed by atoms with Crippen molar-refractivity contribution in [2.75, 3.05) is 5.73 Å². The number of hydrogen-bond acceptors (Lipinski definition) is 2. The molecule has 0 radical (unpaired) electrons. The maximum absolute atomic E-state index is 6.03. The van der Waals surface area contributed by atoms with Gasteiger partial charge in [-0.25, -0.2) is 0 Å². The van der Waals surface area contributed by atoms with Gasteiger partial charge in [-0.1, -0.05) is 46.3 Å². The van der Waals surface area contributed by atoms with E-state index in [-0.39, 0.29) is 0 Å². The summed E-state index contributed by atoms with van der Waals surface area (Å²) >= 11 is 3.37. The Kier molecular flexibility index (Phi) is 3.02. The monoisotopic (exact) mass is 262 g/mol. The van der Waals surface area contributed by atoms with Crippen LogP contribution in [-0.4, -0.2) is 4.98 Å². The third kappa shape index (κ3) is 2.02. The van der Waals surface area contributed by atoms with Crippen LogP contribution in [0.5, 0.6) is 0 Å². The highest BCUT2D eigenvalue weighted by molar-refractivity contribution is 9.08. The maximum atomic E-state index is 6.03. The summed E-state index contributed by atoms with van der Waals surface area (Å²) in [5.74, 6) is 0. The van der Waals surface area contributed by atoms with E-state index in [0.29, 0.717) is 5.33 Å². The molecule has 1 aromatic carbocycles. The van der Waals surface area contributed by atoms with Crippen LogP contribution in [0, 0.1) is 0 Å². The molecule has 2 N–H and O–H groups in total. The highest BCUT2D eigenvalue weighted by Gasteiger charge is 2.06. The van der Waals surface area contributed by atoms with Gasteiger partial charge in [0.15, 0.2) is 0 Å². The number of hydrogen-bond donors (Lipinski definition) is 1. The summed E-state index contributed by atoms with van der Waals surface area (Å²) in [6, 6.07) is 12.0. The zero-order chi connectivity index (χ0) is 10.7. The van der Waals surface area contributed by atoms with Crippen LogP contribution in [-0.2, 0) is 5.33 Å². The minimum absolute atomic E-state index is 0.680. The molecular formula is C12H11BrN2. The van der Waals surface area contributed by atoms with Crippen molar-refractivity contribution in [3.8, 4) is 11.1 Å². The fourth-order valence-corrected chi connectivity index (χ4v) is 1.94. The Morgan fingerprint density at radius 3 is 2.53 bits per heavy atom. The molecule has 0 unspecified atom stereocenters. The van der Waals surface area contributed by atoms with E-state index in [2.05, 4.69) is 20.9 Å². The lowest BCUT2D eigenvalue weighted by molar-refractivity contribution is 1.19. The Labute approximate surface area is 97.3 Å². The van der Waals surface area contributed by atoms with Gasteiger partial charge in [-0.05, 0) is 11.6 Å². The van der Waals surface area contributed by atoms with Crippen molar-refractivity contribution >= 4 is 21.6 Å². The summed E-state index contributed by atoms with van der Waals surface area (Å²) in [6.45, 7) is 0. The van der Waals surface area contributed by atoms with Crippen molar-refractivity contribution < 1.29 is 0 Å². The van der Waals surface area contributed by atoms with Crippen molar-refractivity contribution in [3.05, 3.63) is 48.3 Å². The van der Waals surface area contributed by atoms with Crippen LogP contribution in [0.3, 0.4) is 0 Å². The molecule has 76 valence electrons. The summed E-state index contributed by atoms with van der Waals surface area (Å²) in [5, 5.41) is 0.680. The number of halogens is 1. The van der Waals surface area contributed by atoms with Gasteiger partial charge >= 0.3 is 0 Å². The number of aromatic nitrogens is 1. The lowest BCUT2D eigenvalue weighted by Gasteiger charge is -2.08. The van der Waals surface area contributed by atoms with E-state index < -0.39 is 0 Å². The molecule has 0 amide bonds. The van der Waals surface area contributed by atoms with Crippen molar-refractivity contribution in [2.24, 2.45) is 0 Å². The van der Waals surface area contributed by atoms with E-state index in [1.165, 1.54) is 0 Å². The predicted molar refractivity (Wildman–Crippen MR) is 66.7 cm³/mol. The lowest BCUT2D eigenvalue weighted by Crippen LogP contribution is -1.97. The summed E-state index contributed by atoms with van der Waals surface area (Å²) in [7, 11) is 0. The quantitative estimate of drug-likeness (QED) is 0.845. The Morgan fingerprint density at radius 1 is 1.13 bits per heavy atom. The first-order chi connectivity index (χ1) is 7.33. The van der Waals surface area contributed by atoms with Gasteiger partial charge in [0.05, 0.1) is 11.4 Å². The molecule has 2 aromatic rings. The second-order valence-corrected chi connectivity index (χ2v) is 3.78. The molecular weight excluding hydrogens is 252 g/mol.